The normalized spacial score (nSPS) is 18.0. The number of hydrogen-bond donors (Lipinski definition) is 1. The number of carbonyl (C=O) groups excluding carboxylic acids is 1. The van der Waals surface area contributed by atoms with Gasteiger partial charge < -0.3 is 15.4 Å². The Morgan fingerprint density at radius 3 is 2.67 bits per heavy atom. The molecule has 2 rings (SSSR count). The second-order valence-corrected chi connectivity index (χ2v) is 6.16. The fourth-order valence-electron chi connectivity index (χ4n) is 2.74. The van der Waals surface area contributed by atoms with Crippen LogP contribution < -0.4 is 10.5 Å². The summed E-state index contributed by atoms with van der Waals surface area (Å²) in [4.78, 5) is 14.6. The topological polar surface area (TPSA) is 55.6 Å². The van der Waals surface area contributed by atoms with E-state index in [0.717, 1.165) is 24.9 Å². The Labute approximate surface area is 131 Å². The zero-order valence-electron chi connectivity index (χ0n) is 12.5. The van der Waals surface area contributed by atoms with Crippen LogP contribution in [0.4, 0.5) is 0 Å². The lowest BCUT2D eigenvalue weighted by Gasteiger charge is -2.27. The van der Waals surface area contributed by atoms with Crippen molar-refractivity contribution in [3.05, 3.63) is 29.8 Å². The highest BCUT2D eigenvalue weighted by atomic mass is 32.1. The predicted octanol–water partition coefficient (Wildman–Crippen LogP) is 2.35. The summed E-state index contributed by atoms with van der Waals surface area (Å²) in [7, 11) is 0. The molecule has 0 bridgehead atoms. The monoisotopic (exact) mass is 306 g/mol. The molecule has 1 aliphatic heterocycles. The van der Waals surface area contributed by atoms with E-state index >= 15 is 0 Å². The van der Waals surface area contributed by atoms with Gasteiger partial charge in [-0.3, -0.25) is 4.79 Å². The first-order valence-electron chi connectivity index (χ1n) is 7.31. The van der Waals surface area contributed by atoms with E-state index in [4.69, 9.17) is 22.7 Å². The summed E-state index contributed by atoms with van der Waals surface area (Å²) in [6.45, 7) is 5.23. The highest BCUT2D eigenvalue weighted by molar-refractivity contribution is 7.80. The Bertz CT molecular complexity index is 514. The van der Waals surface area contributed by atoms with Crippen LogP contribution in [-0.2, 0) is 4.79 Å². The summed E-state index contributed by atoms with van der Waals surface area (Å²) < 4.78 is 5.57. The van der Waals surface area contributed by atoms with Gasteiger partial charge in [-0.05, 0) is 43.0 Å². The zero-order chi connectivity index (χ0) is 15.4. The molecule has 0 spiro atoms. The van der Waals surface area contributed by atoms with Gasteiger partial charge in [-0.15, -0.1) is 0 Å². The number of hydrogen-bond acceptors (Lipinski definition) is 3. The molecule has 0 aliphatic carbocycles. The van der Waals surface area contributed by atoms with Crippen molar-refractivity contribution < 1.29 is 9.53 Å². The molecule has 1 saturated heterocycles. The first-order valence-corrected chi connectivity index (χ1v) is 7.72. The van der Waals surface area contributed by atoms with E-state index in [1.165, 1.54) is 0 Å². The quantitative estimate of drug-likeness (QED) is 0.848. The highest BCUT2D eigenvalue weighted by Crippen LogP contribution is 2.24. The van der Waals surface area contributed by atoms with Gasteiger partial charge in [-0.25, -0.2) is 0 Å². The Hall–Kier alpha value is -1.62. The van der Waals surface area contributed by atoms with E-state index in [1.54, 1.807) is 24.3 Å². The molecule has 1 aliphatic rings. The fourth-order valence-corrected chi connectivity index (χ4v) is 2.87. The fraction of sp³-hybridized carbons (Fsp3) is 0.500. The number of nitrogens with zero attached hydrogens (tertiary/aromatic N) is 1. The predicted molar refractivity (Wildman–Crippen MR) is 87.4 cm³/mol. The van der Waals surface area contributed by atoms with Crippen LogP contribution in [0.25, 0.3) is 0 Å². The van der Waals surface area contributed by atoms with Gasteiger partial charge in [0.2, 0.25) is 0 Å². The molecule has 0 radical (unpaired) electrons. The van der Waals surface area contributed by atoms with Gasteiger partial charge in [-0.2, -0.15) is 0 Å². The van der Waals surface area contributed by atoms with Crippen molar-refractivity contribution in [1.29, 1.82) is 0 Å². The van der Waals surface area contributed by atoms with E-state index in [1.807, 2.05) is 4.90 Å². The average molecular weight is 306 g/mol. The van der Waals surface area contributed by atoms with E-state index in [0.29, 0.717) is 22.7 Å². The minimum Gasteiger partial charge on any atom is -0.484 e. The first-order chi connectivity index (χ1) is 9.99. The van der Waals surface area contributed by atoms with Crippen molar-refractivity contribution in [2.45, 2.75) is 32.7 Å². The lowest BCUT2D eigenvalue weighted by Crippen LogP contribution is -2.41. The van der Waals surface area contributed by atoms with E-state index in [2.05, 4.69) is 13.8 Å². The molecule has 1 amide bonds. The van der Waals surface area contributed by atoms with Crippen molar-refractivity contribution in [2.75, 3.05) is 13.2 Å². The number of nitrogens with two attached hydrogens (primary N) is 1. The largest absolute Gasteiger partial charge is 0.484 e. The van der Waals surface area contributed by atoms with Crippen LogP contribution in [0.3, 0.4) is 0 Å². The summed E-state index contributed by atoms with van der Waals surface area (Å²) >= 11 is 4.90. The molecular weight excluding hydrogens is 284 g/mol. The Morgan fingerprint density at radius 2 is 2.10 bits per heavy atom. The van der Waals surface area contributed by atoms with Crippen LogP contribution in [0.15, 0.2) is 24.3 Å². The molecule has 2 N–H and O–H groups in total. The smallest absolute Gasteiger partial charge is 0.260 e. The molecule has 0 saturated carbocycles. The molecule has 1 aromatic rings. The Balaban J connectivity index is 1.90. The molecule has 1 aromatic carbocycles. The maximum atomic E-state index is 12.3. The molecule has 1 heterocycles. The van der Waals surface area contributed by atoms with Crippen LogP contribution in [-0.4, -0.2) is 35.0 Å². The molecular formula is C16H22N2O2S. The number of rotatable bonds is 5. The van der Waals surface area contributed by atoms with Crippen LogP contribution in [0.2, 0.25) is 0 Å². The molecule has 1 fully saturated rings. The van der Waals surface area contributed by atoms with Gasteiger partial charge in [0.05, 0.1) is 0 Å². The zero-order valence-corrected chi connectivity index (χ0v) is 13.4. The second-order valence-electron chi connectivity index (χ2n) is 5.72. The SMILES string of the molecule is CC(C)C1CCCN1C(=O)COc1ccc(C(N)=S)cc1. The minimum atomic E-state index is 0.0598. The molecule has 0 aromatic heterocycles. The van der Waals surface area contributed by atoms with Crippen molar-refractivity contribution in [1.82, 2.24) is 4.90 Å². The summed E-state index contributed by atoms with van der Waals surface area (Å²) in [5.41, 5.74) is 6.34. The van der Waals surface area contributed by atoms with Gasteiger partial charge in [0, 0.05) is 18.2 Å². The molecule has 4 nitrogen and oxygen atoms in total. The van der Waals surface area contributed by atoms with Crippen LogP contribution >= 0.6 is 12.2 Å². The summed E-state index contributed by atoms with van der Waals surface area (Å²) in [6, 6.07) is 7.51. The van der Waals surface area contributed by atoms with Gasteiger partial charge in [0.15, 0.2) is 6.61 Å². The second kappa shape index (κ2) is 6.89. The number of benzene rings is 1. The van der Waals surface area contributed by atoms with Crippen molar-refractivity contribution in [3.63, 3.8) is 0 Å². The number of carbonyl (C=O) groups is 1. The van der Waals surface area contributed by atoms with Crippen molar-refractivity contribution in [2.24, 2.45) is 11.7 Å². The number of likely N-dealkylation sites (tertiary alicyclic amines) is 1. The maximum Gasteiger partial charge on any atom is 0.260 e. The highest BCUT2D eigenvalue weighted by Gasteiger charge is 2.30. The van der Waals surface area contributed by atoms with E-state index in [9.17, 15) is 4.79 Å². The molecule has 5 heteroatoms. The van der Waals surface area contributed by atoms with Gasteiger partial charge in [-0.1, -0.05) is 26.1 Å². The molecule has 21 heavy (non-hydrogen) atoms. The third-order valence-electron chi connectivity index (χ3n) is 3.89. The lowest BCUT2D eigenvalue weighted by molar-refractivity contribution is -0.134. The van der Waals surface area contributed by atoms with Crippen LogP contribution in [0.1, 0.15) is 32.3 Å². The molecule has 1 atom stereocenters. The van der Waals surface area contributed by atoms with Gasteiger partial charge >= 0.3 is 0 Å². The van der Waals surface area contributed by atoms with Gasteiger partial charge in [0.1, 0.15) is 10.7 Å². The van der Waals surface area contributed by atoms with E-state index in [-0.39, 0.29) is 12.5 Å². The third kappa shape index (κ3) is 3.94. The van der Waals surface area contributed by atoms with Crippen molar-refractivity contribution >= 4 is 23.1 Å². The molecule has 1 unspecified atom stereocenters. The summed E-state index contributed by atoms with van der Waals surface area (Å²) in [5, 5.41) is 0. The number of thiocarbonyl (C=S) groups is 1. The Kier molecular flexibility index (Phi) is 5.17. The van der Waals surface area contributed by atoms with Crippen molar-refractivity contribution in [3.8, 4) is 5.75 Å². The average Bonchev–Trinajstić information content (AvgIpc) is 2.95. The third-order valence-corrected chi connectivity index (χ3v) is 4.13. The van der Waals surface area contributed by atoms with Crippen LogP contribution in [0, 0.1) is 5.92 Å². The number of amides is 1. The van der Waals surface area contributed by atoms with E-state index < -0.39 is 0 Å². The summed E-state index contributed by atoms with van der Waals surface area (Å²) in [6.07, 6.45) is 2.17. The molecule has 114 valence electrons. The first kappa shape index (κ1) is 15.8. The van der Waals surface area contributed by atoms with Gasteiger partial charge in [0.25, 0.3) is 5.91 Å². The van der Waals surface area contributed by atoms with Crippen LogP contribution in [0.5, 0.6) is 5.75 Å². The number of ether oxygens (including phenoxy) is 1. The lowest BCUT2D eigenvalue weighted by atomic mass is 10.0. The minimum absolute atomic E-state index is 0.0598. The maximum absolute atomic E-state index is 12.3. The Morgan fingerprint density at radius 1 is 1.43 bits per heavy atom. The summed E-state index contributed by atoms with van der Waals surface area (Å²) in [5.74, 6) is 1.20. The standard InChI is InChI=1S/C16H22N2O2S/c1-11(2)14-4-3-9-18(14)15(19)10-20-13-7-5-12(6-8-13)16(17)21/h5-8,11,14H,3-4,9-10H2,1-2H3,(H2,17,21).